The van der Waals surface area contributed by atoms with Gasteiger partial charge in [-0.05, 0) is 18.2 Å². The van der Waals surface area contributed by atoms with Crippen LogP contribution >= 0.6 is 0 Å². The molecule has 0 radical (unpaired) electrons. The molecular formula is C10H7F5N2. The first-order valence-electron chi connectivity index (χ1n) is 4.48. The fourth-order valence-electron chi connectivity index (χ4n) is 1.15. The van der Waals surface area contributed by atoms with E-state index in [4.69, 9.17) is 5.26 Å². The number of anilines is 1. The monoisotopic (exact) mass is 250 g/mol. The second kappa shape index (κ2) is 4.99. The topological polar surface area (TPSA) is 35.8 Å². The van der Waals surface area contributed by atoms with E-state index in [2.05, 4.69) is 5.32 Å². The summed E-state index contributed by atoms with van der Waals surface area (Å²) in [5.74, 6) is 0. The Kier molecular flexibility index (Phi) is 3.89. The van der Waals surface area contributed by atoms with Gasteiger partial charge < -0.3 is 5.32 Å². The molecule has 0 spiro atoms. The van der Waals surface area contributed by atoms with Crippen LogP contribution in [0.1, 0.15) is 11.1 Å². The summed E-state index contributed by atoms with van der Waals surface area (Å²) in [6, 6.07) is 3.84. The maximum absolute atomic E-state index is 12.3. The molecule has 0 aliphatic rings. The summed E-state index contributed by atoms with van der Waals surface area (Å²) < 4.78 is 60.7. The second-order valence-corrected chi connectivity index (χ2v) is 3.14. The van der Waals surface area contributed by atoms with Crippen molar-refractivity contribution < 1.29 is 22.0 Å². The predicted molar refractivity (Wildman–Crippen MR) is 50.7 cm³/mol. The molecule has 7 heteroatoms. The zero-order chi connectivity index (χ0) is 13.1. The van der Waals surface area contributed by atoms with E-state index in [1.54, 1.807) is 0 Å². The van der Waals surface area contributed by atoms with E-state index in [-0.39, 0.29) is 11.3 Å². The predicted octanol–water partition coefficient (Wildman–Crippen LogP) is 3.25. The molecule has 1 aromatic carbocycles. The van der Waals surface area contributed by atoms with Gasteiger partial charge >= 0.3 is 6.18 Å². The maximum Gasteiger partial charge on any atom is 0.416 e. The van der Waals surface area contributed by atoms with Crippen LogP contribution in [-0.2, 0) is 6.18 Å². The first-order valence-corrected chi connectivity index (χ1v) is 4.48. The van der Waals surface area contributed by atoms with E-state index < -0.39 is 24.7 Å². The van der Waals surface area contributed by atoms with Gasteiger partial charge in [0.15, 0.2) is 0 Å². The van der Waals surface area contributed by atoms with Gasteiger partial charge in [-0.3, -0.25) is 0 Å². The van der Waals surface area contributed by atoms with Crippen LogP contribution in [0.3, 0.4) is 0 Å². The Morgan fingerprint density at radius 3 is 2.41 bits per heavy atom. The standard InChI is InChI=1S/C10H7F5N2/c11-9(12)5-17-8-2-1-7(10(13,14)15)3-6(8)4-16/h1-3,9,17H,5H2. The number of benzene rings is 1. The summed E-state index contributed by atoms with van der Waals surface area (Å²) in [5, 5.41) is 10.8. The third-order valence-electron chi connectivity index (χ3n) is 1.91. The minimum absolute atomic E-state index is 0.0409. The van der Waals surface area contributed by atoms with Crippen LogP contribution in [0.15, 0.2) is 18.2 Å². The molecule has 0 aromatic heterocycles. The molecule has 0 aliphatic carbocycles. The first-order chi connectivity index (χ1) is 7.84. The molecular weight excluding hydrogens is 243 g/mol. The smallest absolute Gasteiger partial charge is 0.378 e. The molecule has 1 rings (SSSR count). The lowest BCUT2D eigenvalue weighted by Crippen LogP contribution is -2.12. The van der Waals surface area contributed by atoms with Gasteiger partial charge in [-0.1, -0.05) is 0 Å². The number of rotatable bonds is 3. The molecule has 0 atom stereocenters. The number of alkyl halides is 5. The Labute approximate surface area is 93.7 Å². The van der Waals surface area contributed by atoms with Gasteiger partial charge in [0.1, 0.15) is 6.07 Å². The van der Waals surface area contributed by atoms with Crippen molar-refractivity contribution in [3.63, 3.8) is 0 Å². The van der Waals surface area contributed by atoms with Crippen molar-refractivity contribution in [2.24, 2.45) is 0 Å². The molecule has 0 amide bonds. The summed E-state index contributed by atoms with van der Waals surface area (Å²) >= 11 is 0. The van der Waals surface area contributed by atoms with Gasteiger partial charge in [0.05, 0.1) is 23.4 Å². The van der Waals surface area contributed by atoms with Gasteiger partial charge in [-0.15, -0.1) is 0 Å². The third-order valence-corrected chi connectivity index (χ3v) is 1.91. The van der Waals surface area contributed by atoms with Crippen LogP contribution < -0.4 is 5.32 Å². The summed E-state index contributed by atoms with van der Waals surface area (Å²) in [6.07, 6.45) is -7.21. The molecule has 0 saturated carbocycles. The lowest BCUT2D eigenvalue weighted by Gasteiger charge is -2.11. The summed E-state index contributed by atoms with van der Waals surface area (Å²) in [6.45, 7) is -0.722. The fourth-order valence-corrected chi connectivity index (χ4v) is 1.15. The van der Waals surface area contributed by atoms with Crippen LogP contribution in [0.5, 0.6) is 0 Å². The Balaban J connectivity index is 2.99. The fraction of sp³-hybridized carbons (Fsp3) is 0.300. The average Bonchev–Trinajstić information content (AvgIpc) is 2.24. The molecule has 0 unspecified atom stereocenters. The highest BCUT2D eigenvalue weighted by Crippen LogP contribution is 2.31. The molecule has 17 heavy (non-hydrogen) atoms. The van der Waals surface area contributed by atoms with Crippen molar-refractivity contribution >= 4 is 5.69 Å². The lowest BCUT2D eigenvalue weighted by molar-refractivity contribution is -0.137. The van der Waals surface area contributed by atoms with E-state index in [1.165, 1.54) is 6.07 Å². The highest BCUT2D eigenvalue weighted by atomic mass is 19.4. The molecule has 0 saturated heterocycles. The van der Waals surface area contributed by atoms with E-state index in [9.17, 15) is 22.0 Å². The Morgan fingerprint density at radius 2 is 1.94 bits per heavy atom. The summed E-state index contributed by atoms with van der Waals surface area (Å²) in [7, 11) is 0. The Bertz CT molecular complexity index is 433. The Morgan fingerprint density at radius 1 is 1.29 bits per heavy atom. The number of nitrogens with zero attached hydrogens (tertiary/aromatic N) is 1. The van der Waals surface area contributed by atoms with Crippen LogP contribution in [0.2, 0.25) is 0 Å². The maximum atomic E-state index is 12.3. The molecule has 0 heterocycles. The molecule has 2 nitrogen and oxygen atoms in total. The van der Waals surface area contributed by atoms with Gasteiger partial charge in [0.2, 0.25) is 0 Å². The molecule has 1 aromatic rings. The minimum Gasteiger partial charge on any atom is -0.378 e. The quantitative estimate of drug-likeness (QED) is 0.836. The zero-order valence-corrected chi connectivity index (χ0v) is 8.35. The van der Waals surface area contributed by atoms with E-state index in [0.717, 1.165) is 12.1 Å². The molecule has 92 valence electrons. The van der Waals surface area contributed by atoms with Gasteiger partial charge in [0, 0.05) is 0 Å². The summed E-state index contributed by atoms with van der Waals surface area (Å²) in [4.78, 5) is 0. The van der Waals surface area contributed by atoms with E-state index >= 15 is 0 Å². The van der Waals surface area contributed by atoms with E-state index in [1.807, 2.05) is 0 Å². The highest BCUT2D eigenvalue weighted by Gasteiger charge is 2.31. The molecule has 0 fully saturated rings. The SMILES string of the molecule is N#Cc1cc(C(F)(F)F)ccc1NCC(F)F. The zero-order valence-electron chi connectivity index (χ0n) is 8.35. The van der Waals surface area contributed by atoms with E-state index in [0.29, 0.717) is 6.07 Å². The number of nitrogens with one attached hydrogen (secondary N) is 1. The summed E-state index contributed by atoms with van der Waals surface area (Å²) in [5.41, 5.74) is -1.35. The van der Waals surface area contributed by atoms with Gasteiger partial charge in [0.25, 0.3) is 6.43 Å². The normalized spacial score (nSPS) is 11.4. The van der Waals surface area contributed by atoms with Crippen molar-refractivity contribution in [2.75, 3.05) is 11.9 Å². The largest absolute Gasteiger partial charge is 0.416 e. The van der Waals surface area contributed by atoms with Crippen molar-refractivity contribution in [1.82, 2.24) is 0 Å². The average molecular weight is 250 g/mol. The van der Waals surface area contributed by atoms with Gasteiger partial charge in [-0.25, -0.2) is 8.78 Å². The molecule has 0 aliphatic heterocycles. The minimum atomic E-state index is -4.56. The number of hydrogen-bond acceptors (Lipinski definition) is 2. The molecule has 1 N–H and O–H groups in total. The van der Waals surface area contributed by atoms with Crippen LogP contribution in [-0.4, -0.2) is 13.0 Å². The number of nitriles is 1. The van der Waals surface area contributed by atoms with Crippen LogP contribution in [0.4, 0.5) is 27.6 Å². The Hall–Kier alpha value is -1.84. The lowest BCUT2D eigenvalue weighted by atomic mass is 10.1. The van der Waals surface area contributed by atoms with Crippen molar-refractivity contribution in [3.8, 4) is 6.07 Å². The van der Waals surface area contributed by atoms with Crippen molar-refractivity contribution in [2.45, 2.75) is 12.6 Å². The molecule has 0 bridgehead atoms. The third kappa shape index (κ3) is 3.59. The van der Waals surface area contributed by atoms with Crippen molar-refractivity contribution in [1.29, 1.82) is 5.26 Å². The van der Waals surface area contributed by atoms with Crippen LogP contribution in [0.25, 0.3) is 0 Å². The van der Waals surface area contributed by atoms with Crippen LogP contribution in [0, 0.1) is 11.3 Å². The first kappa shape index (κ1) is 13.2. The number of halogens is 5. The second-order valence-electron chi connectivity index (χ2n) is 3.14. The van der Waals surface area contributed by atoms with Crippen molar-refractivity contribution in [3.05, 3.63) is 29.3 Å². The highest BCUT2D eigenvalue weighted by molar-refractivity contribution is 5.59. The number of hydrogen-bond donors (Lipinski definition) is 1. The van der Waals surface area contributed by atoms with Gasteiger partial charge in [-0.2, -0.15) is 18.4 Å².